The monoisotopic (exact) mass is 561 g/mol. The van der Waals surface area contributed by atoms with Gasteiger partial charge >= 0.3 is 0 Å². The van der Waals surface area contributed by atoms with Crippen LogP contribution in [-0.4, -0.2) is 42.0 Å². The summed E-state index contributed by atoms with van der Waals surface area (Å²) in [6.45, 7) is 4.43. The number of carbonyl (C=O) groups excluding carboxylic acids is 1. The highest BCUT2D eigenvalue weighted by Gasteiger charge is 2.23. The number of hydrogen-bond acceptors (Lipinski definition) is 7. The second kappa shape index (κ2) is 13.4. The number of methoxy groups -OCH3 is 3. The van der Waals surface area contributed by atoms with Gasteiger partial charge in [0.25, 0.3) is 5.56 Å². The Morgan fingerprint density at radius 2 is 1.57 bits per heavy atom. The maximum absolute atomic E-state index is 13.8. The van der Waals surface area contributed by atoms with Crippen LogP contribution in [0.3, 0.4) is 0 Å². The molecule has 0 aliphatic heterocycles. The number of ether oxygens (including phenoxy) is 3. The Hall–Kier alpha value is -3.98. The van der Waals surface area contributed by atoms with Crippen molar-refractivity contribution in [3.05, 3.63) is 82.1 Å². The zero-order valence-electron chi connectivity index (χ0n) is 23.5. The number of benzene rings is 3. The number of aryl methyl sites for hydroxylation is 2. The van der Waals surface area contributed by atoms with Gasteiger partial charge < -0.3 is 19.5 Å². The molecule has 1 aromatic heterocycles. The number of rotatable bonds is 12. The van der Waals surface area contributed by atoms with E-state index in [1.54, 1.807) is 30.9 Å². The minimum atomic E-state index is -0.456. The average molecular weight is 562 g/mol. The predicted octanol–water partition coefficient (Wildman–Crippen LogP) is 5.74. The van der Waals surface area contributed by atoms with Crippen LogP contribution in [0.15, 0.2) is 70.6 Å². The largest absolute Gasteiger partial charge is 0.497 e. The summed E-state index contributed by atoms with van der Waals surface area (Å²) < 4.78 is 17.8. The van der Waals surface area contributed by atoms with Gasteiger partial charge in [0.1, 0.15) is 5.75 Å². The van der Waals surface area contributed by atoms with Crippen LogP contribution in [-0.2, 0) is 24.2 Å². The van der Waals surface area contributed by atoms with Gasteiger partial charge in [0, 0.05) is 18.3 Å². The number of hydrogen-bond donors (Lipinski definition) is 1. The molecule has 8 nitrogen and oxygen atoms in total. The SMILES string of the molecule is CCc1ccc(NC(=O)C(CC)Sc2nc3cc(OC)c(OC)cc3c(=O)n2CCc2ccc(OC)cc2)cc1. The van der Waals surface area contributed by atoms with Gasteiger partial charge in [-0.3, -0.25) is 14.2 Å². The molecule has 0 radical (unpaired) electrons. The third kappa shape index (κ3) is 6.59. The highest BCUT2D eigenvalue weighted by atomic mass is 32.2. The molecule has 0 aliphatic rings. The van der Waals surface area contributed by atoms with E-state index in [1.807, 2.05) is 55.5 Å². The Balaban J connectivity index is 1.69. The minimum absolute atomic E-state index is 0.139. The standard InChI is InChI=1S/C31H35N3O5S/c1-6-20-8-12-22(13-9-20)32-29(35)28(7-2)40-31-33-25-19-27(39-5)26(38-4)18-24(25)30(36)34(31)17-16-21-10-14-23(37-3)15-11-21/h8-15,18-19,28H,6-7,16-17H2,1-5H3,(H,32,35). The van der Waals surface area contributed by atoms with Crippen LogP contribution in [0.5, 0.6) is 17.2 Å². The molecular weight excluding hydrogens is 526 g/mol. The predicted molar refractivity (Wildman–Crippen MR) is 160 cm³/mol. The van der Waals surface area contributed by atoms with Crippen molar-refractivity contribution in [1.29, 1.82) is 0 Å². The van der Waals surface area contributed by atoms with Gasteiger partial charge in [0.15, 0.2) is 16.7 Å². The quantitative estimate of drug-likeness (QED) is 0.174. The first-order chi connectivity index (χ1) is 19.4. The summed E-state index contributed by atoms with van der Waals surface area (Å²) >= 11 is 1.29. The molecule has 1 atom stereocenters. The van der Waals surface area contributed by atoms with Gasteiger partial charge in [-0.1, -0.05) is 49.9 Å². The van der Waals surface area contributed by atoms with E-state index < -0.39 is 5.25 Å². The summed E-state index contributed by atoms with van der Waals surface area (Å²) in [4.78, 5) is 32.0. The molecule has 40 heavy (non-hydrogen) atoms. The van der Waals surface area contributed by atoms with Gasteiger partial charge in [0.2, 0.25) is 5.91 Å². The molecule has 1 amide bonds. The molecule has 9 heteroatoms. The third-order valence-electron chi connectivity index (χ3n) is 6.75. The van der Waals surface area contributed by atoms with Crippen molar-refractivity contribution < 1.29 is 19.0 Å². The van der Waals surface area contributed by atoms with Gasteiger partial charge in [-0.2, -0.15) is 0 Å². The number of thioether (sulfide) groups is 1. The normalized spacial score (nSPS) is 11.7. The molecule has 0 saturated carbocycles. The van der Waals surface area contributed by atoms with Crippen LogP contribution in [0, 0.1) is 0 Å². The Labute approximate surface area is 238 Å². The molecule has 210 valence electrons. The van der Waals surface area contributed by atoms with Crippen molar-refractivity contribution in [3.63, 3.8) is 0 Å². The van der Waals surface area contributed by atoms with Crippen molar-refractivity contribution in [1.82, 2.24) is 9.55 Å². The average Bonchev–Trinajstić information content (AvgIpc) is 2.99. The zero-order valence-corrected chi connectivity index (χ0v) is 24.3. The summed E-state index contributed by atoms with van der Waals surface area (Å²) in [5.74, 6) is 1.57. The van der Waals surface area contributed by atoms with Gasteiger partial charge in [-0.25, -0.2) is 4.98 Å². The summed E-state index contributed by atoms with van der Waals surface area (Å²) in [6.07, 6.45) is 2.09. The molecule has 0 saturated heterocycles. The lowest BCUT2D eigenvalue weighted by Gasteiger charge is -2.19. The maximum Gasteiger partial charge on any atom is 0.262 e. The van der Waals surface area contributed by atoms with Crippen LogP contribution in [0.2, 0.25) is 0 Å². The van der Waals surface area contributed by atoms with E-state index in [4.69, 9.17) is 19.2 Å². The fourth-order valence-electron chi connectivity index (χ4n) is 4.34. The Morgan fingerprint density at radius 3 is 2.17 bits per heavy atom. The first-order valence-electron chi connectivity index (χ1n) is 13.3. The smallest absolute Gasteiger partial charge is 0.262 e. The molecule has 0 fully saturated rings. The molecule has 1 unspecified atom stereocenters. The Kier molecular flexibility index (Phi) is 9.71. The van der Waals surface area contributed by atoms with Crippen molar-refractivity contribution in [3.8, 4) is 17.2 Å². The van der Waals surface area contributed by atoms with Gasteiger partial charge in [-0.05, 0) is 60.7 Å². The van der Waals surface area contributed by atoms with E-state index in [9.17, 15) is 9.59 Å². The first kappa shape index (κ1) is 29.0. The van der Waals surface area contributed by atoms with Crippen molar-refractivity contribution >= 4 is 34.3 Å². The highest BCUT2D eigenvalue weighted by Crippen LogP contribution is 2.32. The fraction of sp³-hybridized carbons (Fsp3) is 0.323. The van der Waals surface area contributed by atoms with E-state index in [2.05, 4.69) is 12.2 Å². The summed E-state index contributed by atoms with van der Waals surface area (Å²) in [5.41, 5.74) is 3.27. The number of fused-ring (bicyclic) bond motifs is 1. The molecule has 4 aromatic rings. The molecule has 0 aliphatic carbocycles. The van der Waals surface area contributed by atoms with Gasteiger partial charge in [-0.15, -0.1) is 0 Å². The zero-order chi connectivity index (χ0) is 28.6. The number of carbonyl (C=O) groups is 1. The molecule has 1 heterocycles. The van der Waals surface area contributed by atoms with E-state index in [1.165, 1.54) is 24.4 Å². The van der Waals surface area contributed by atoms with E-state index in [0.29, 0.717) is 46.9 Å². The first-order valence-corrected chi connectivity index (χ1v) is 14.1. The topological polar surface area (TPSA) is 91.7 Å². The summed E-state index contributed by atoms with van der Waals surface area (Å²) in [6, 6.07) is 18.9. The number of nitrogens with zero attached hydrogens (tertiary/aromatic N) is 2. The van der Waals surface area contributed by atoms with Crippen LogP contribution in [0.1, 0.15) is 31.4 Å². The number of aromatic nitrogens is 2. The van der Waals surface area contributed by atoms with E-state index in [0.717, 1.165) is 23.4 Å². The highest BCUT2D eigenvalue weighted by molar-refractivity contribution is 8.00. The van der Waals surface area contributed by atoms with Crippen LogP contribution >= 0.6 is 11.8 Å². The van der Waals surface area contributed by atoms with Crippen molar-refractivity contribution in [2.45, 2.75) is 50.1 Å². The fourth-order valence-corrected chi connectivity index (χ4v) is 5.38. The van der Waals surface area contributed by atoms with Crippen LogP contribution in [0.4, 0.5) is 5.69 Å². The molecule has 0 spiro atoms. The molecule has 3 aromatic carbocycles. The lowest BCUT2D eigenvalue weighted by molar-refractivity contribution is -0.115. The second-order valence-corrected chi connectivity index (χ2v) is 10.4. The molecular formula is C31H35N3O5S. The maximum atomic E-state index is 13.8. The summed E-state index contributed by atoms with van der Waals surface area (Å²) in [5, 5.41) is 3.45. The lowest BCUT2D eigenvalue weighted by Crippen LogP contribution is -2.28. The lowest BCUT2D eigenvalue weighted by atomic mass is 10.1. The van der Waals surface area contributed by atoms with Crippen LogP contribution < -0.4 is 25.1 Å². The Morgan fingerprint density at radius 1 is 0.925 bits per heavy atom. The van der Waals surface area contributed by atoms with E-state index in [-0.39, 0.29) is 11.5 Å². The number of nitrogens with one attached hydrogen (secondary N) is 1. The number of anilines is 1. The van der Waals surface area contributed by atoms with Crippen molar-refractivity contribution in [2.75, 3.05) is 26.6 Å². The minimum Gasteiger partial charge on any atom is -0.497 e. The van der Waals surface area contributed by atoms with Gasteiger partial charge in [0.05, 0.1) is 37.5 Å². The second-order valence-electron chi connectivity index (χ2n) is 9.23. The third-order valence-corrected chi connectivity index (χ3v) is 8.10. The molecule has 4 rings (SSSR count). The van der Waals surface area contributed by atoms with Crippen LogP contribution in [0.25, 0.3) is 10.9 Å². The molecule has 1 N–H and O–H groups in total. The van der Waals surface area contributed by atoms with E-state index >= 15 is 0 Å². The number of amides is 1. The molecule has 0 bridgehead atoms. The Bertz CT molecular complexity index is 1520. The summed E-state index contributed by atoms with van der Waals surface area (Å²) in [7, 11) is 4.70. The van der Waals surface area contributed by atoms with Crippen molar-refractivity contribution in [2.24, 2.45) is 0 Å².